The minimum Gasteiger partial charge on any atom is -0.354 e. The van der Waals surface area contributed by atoms with Gasteiger partial charge in [-0.25, -0.2) is 4.98 Å². The summed E-state index contributed by atoms with van der Waals surface area (Å²) in [7, 11) is 0. The average Bonchev–Trinajstić information content (AvgIpc) is 2.64. The number of hydrogen-bond donors (Lipinski definition) is 0. The first-order chi connectivity index (χ1) is 9.91. The number of rotatable bonds is 3. The molecule has 0 spiro atoms. The van der Waals surface area contributed by atoms with E-state index in [9.17, 15) is 13.2 Å². The van der Waals surface area contributed by atoms with Crippen molar-refractivity contribution >= 4 is 29.0 Å². The summed E-state index contributed by atoms with van der Waals surface area (Å²) in [5, 5.41) is 0.0376. The Morgan fingerprint density at radius 1 is 1.19 bits per heavy atom. The molecular weight excluding hydrogens is 326 g/mol. The van der Waals surface area contributed by atoms with Gasteiger partial charge in [0.05, 0.1) is 10.6 Å². The smallest absolute Gasteiger partial charge is 0.354 e. The van der Waals surface area contributed by atoms with Crippen LogP contribution in [0.2, 0.25) is 5.02 Å². The predicted molar refractivity (Wildman–Crippen MR) is 78.2 cm³/mol. The highest BCUT2D eigenvalue weighted by Gasteiger charge is 2.32. The lowest BCUT2D eigenvalue weighted by Crippen LogP contribution is -2.32. The van der Waals surface area contributed by atoms with Crippen LogP contribution in [0, 0.1) is 0 Å². The Morgan fingerprint density at radius 2 is 1.95 bits per heavy atom. The summed E-state index contributed by atoms with van der Waals surface area (Å²) >= 11 is 11.7. The van der Waals surface area contributed by atoms with Gasteiger partial charge < -0.3 is 9.80 Å². The zero-order valence-corrected chi connectivity index (χ0v) is 12.8. The second-order valence-electron chi connectivity index (χ2n) is 4.90. The van der Waals surface area contributed by atoms with Crippen molar-refractivity contribution in [3.63, 3.8) is 0 Å². The lowest BCUT2D eigenvalue weighted by Gasteiger charge is -2.23. The van der Waals surface area contributed by atoms with Gasteiger partial charge in [-0.1, -0.05) is 11.6 Å². The first-order valence-corrected chi connectivity index (χ1v) is 7.59. The van der Waals surface area contributed by atoms with Gasteiger partial charge in [-0.3, -0.25) is 0 Å². The Morgan fingerprint density at radius 3 is 2.57 bits per heavy atom. The molecule has 0 aromatic carbocycles. The molecule has 1 aromatic heterocycles. The van der Waals surface area contributed by atoms with Crippen LogP contribution in [0.3, 0.4) is 0 Å². The van der Waals surface area contributed by atoms with Gasteiger partial charge in [-0.2, -0.15) is 13.2 Å². The van der Waals surface area contributed by atoms with Crippen molar-refractivity contribution < 1.29 is 13.2 Å². The van der Waals surface area contributed by atoms with E-state index in [2.05, 4.69) is 9.88 Å². The molecule has 0 atom stereocenters. The minimum atomic E-state index is -4.43. The van der Waals surface area contributed by atoms with Crippen LogP contribution in [0.5, 0.6) is 0 Å². The zero-order valence-electron chi connectivity index (χ0n) is 11.3. The van der Waals surface area contributed by atoms with Crippen LogP contribution in [0.25, 0.3) is 0 Å². The summed E-state index contributed by atoms with van der Waals surface area (Å²) in [6.07, 6.45) is -2.69. The van der Waals surface area contributed by atoms with E-state index in [0.717, 1.165) is 44.9 Å². The Kier molecular flexibility index (Phi) is 5.57. The Balaban J connectivity index is 2.11. The number of anilines is 1. The molecule has 2 rings (SSSR count). The number of aromatic nitrogens is 1. The molecule has 1 saturated heterocycles. The Labute approximate surface area is 131 Å². The van der Waals surface area contributed by atoms with Gasteiger partial charge in [0.2, 0.25) is 0 Å². The first-order valence-electron chi connectivity index (χ1n) is 6.68. The first kappa shape index (κ1) is 16.6. The molecule has 0 amide bonds. The molecule has 0 N–H and O–H groups in total. The molecule has 0 radical (unpaired) electrons. The summed E-state index contributed by atoms with van der Waals surface area (Å²) < 4.78 is 37.8. The monoisotopic (exact) mass is 341 g/mol. The van der Waals surface area contributed by atoms with E-state index < -0.39 is 11.7 Å². The maximum Gasteiger partial charge on any atom is 0.417 e. The molecule has 0 aliphatic carbocycles. The third-order valence-corrected chi connectivity index (χ3v) is 3.89. The lowest BCUT2D eigenvalue weighted by atomic mass is 10.2. The van der Waals surface area contributed by atoms with Crippen LogP contribution in [0.1, 0.15) is 12.0 Å². The van der Waals surface area contributed by atoms with Crippen LogP contribution in [0.4, 0.5) is 19.0 Å². The van der Waals surface area contributed by atoms with E-state index in [1.165, 1.54) is 0 Å². The van der Waals surface area contributed by atoms with E-state index >= 15 is 0 Å². The molecule has 1 aliphatic heterocycles. The minimum absolute atomic E-state index is 0.0376. The summed E-state index contributed by atoms with van der Waals surface area (Å²) in [6.45, 7) is 3.92. The van der Waals surface area contributed by atoms with Crippen molar-refractivity contribution in [2.45, 2.75) is 12.6 Å². The number of pyridine rings is 1. The van der Waals surface area contributed by atoms with Gasteiger partial charge in [0.1, 0.15) is 5.82 Å². The topological polar surface area (TPSA) is 19.4 Å². The largest absolute Gasteiger partial charge is 0.417 e. The molecule has 1 aliphatic rings. The molecule has 21 heavy (non-hydrogen) atoms. The van der Waals surface area contributed by atoms with Crippen LogP contribution < -0.4 is 4.90 Å². The molecule has 118 valence electrons. The van der Waals surface area contributed by atoms with Crippen molar-refractivity contribution in [3.8, 4) is 0 Å². The van der Waals surface area contributed by atoms with Gasteiger partial charge in [0.15, 0.2) is 0 Å². The Bertz CT molecular complexity index is 482. The van der Waals surface area contributed by atoms with Gasteiger partial charge in [-0.15, -0.1) is 11.6 Å². The predicted octanol–water partition coefficient (Wildman–Crippen LogP) is 3.50. The summed E-state index contributed by atoms with van der Waals surface area (Å²) in [4.78, 5) is 8.06. The molecule has 0 bridgehead atoms. The SMILES string of the molecule is FC(F)(F)c1cnc(N2CCCN(CCCl)CC2)c(Cl)c1. The van der Waals surface area contributed by atoms with Gasteiger partial charge in [0.25, 0.3) is 0 Å². The molecule has 8 heteroatoms. The molecular formula is C13H16Cl2F3N3. The highest BCUT2D eigenvalue weighted by Crippen LogP contribution is 2.33. The van der Waals surface area contributed by atoms with E-state index in [1.54, 1.807) is 0 Å². The van der Waals surface area contributed by atoms with Crippen molar-refractivity contribution in [1.29, 1.82) is 0 Å². The zero-order chi connectivity index (χ0) is 15.5. The van der Waals surface area contributed by atoms with Crippen LogP contribution in [-0.4, -0.2) is 48.5 Å². The summed E-state index contributed by atoms with van der Waals surface area (Å²) in [5.74, 6) is 0.983. The highest BCUT2D eigenvalue weighted by atomic mass is 35.5. The average molecular weight is 342 g/mol. The van der Waals surface area contributed by atoms with E-state index in [-0.39, 0.29) is 5.02 Å². The normalized spacial score (nSPS) is 17.9. The lowest BCUT2D eigenvalue weighted by molar-refractivity contribution is -0.137. The molecule has 0 unspecified atom stereocenters. The van der Waals surface area contributed by atoms with E-state index in [0.29, 0.717) is 18.2 Å². The van der Waals surface area contributed by atoms with E-state index in [4.69, 9.17) is 23.2 Å². The maximum atomic E-state index is 12.6. The van der Waals surface area contributed by atoms with Crippen LogP contribution in [0.15, 0.2) is 12.3 Å². The number of alkyl halides is 4. The third-order valence-electron chi connectivity index (χ3n) is 3.44. The Hall–Kier alpha value is -0.720. The fraction of sp³-hybridized carbons (Fsp3) is 0.615. The molecule has 1 aromatic rings. The molecule has 1 fully saturated rings. The van der Waals surface area contributed by atoms with Gasteiger partial charge >= 0.3 is 6.18 Å². The second-order valence-corrected chi connectivity index (χ2v) is 5.68. The van der Waals surface area contributed by atoms with Crippen molar-refractivity contribution in [2.24, 2.45) is 0 Å². The maximum absolute atomic E-state index is 12.6. The number of halogens is 5. The summed E-state index contributed by atoms with van der Waals surface area (Å²) in [5.41, 5.74) is -0.824. The van der Waals surface area contributed by atoms with Crippen LogP contribution >= 0.6 is 23.2 Å². The summed E-state index contributed by atoms with van der Waals surface area (Å²) in [6, 6.07) is 0.936. The van der Waals surface area contributed by atoms with Crippen molar-refractivity contribution in [3.05, 3.63) is 22.8 Å². The third kappa shape index (κ3) is 4.37. The quantitative estimate of drug-likeness (QED) is 0.784. The standard InChI is InChI=1S/C13H16Cl2F3N3/c14-2-5-20-3-1-4-21(7-6-20)12-11(15)8-10(9-19-12)13(16,17)18/h8-9H,1-7H2. The molecule has 0 saturated carbocycles. The van der Waals surface area contributed by atoms with Gasteiger partial charge in [-0.05, 0) is 19.0 Å². The van der Waals surface area contributed by atoms with E-state index in [1.807, 2.05) is 4.90 Å². The fourth-order valence-electron chi connectivity index (χ4n) is 2.34. The highest BCUT2D eigenvalue weighted by molar-refractivity contribution is 6.33. The second kappa shape index (κ2) is 7.03. The number of nitrogens with zero attached hydrogens (tertiary/aromatic N) is 3. The number of hydrogen-bond acceptors (Lipinski definition) is 3. The van der Waals surface area contributed by atoms with Crippen molar-refractivity contribution in [2.75, 3.05) is 43.5 Å². The molecule has 2 heterocycles. The van der Waals surface area contributed by atoms with Crippen molar-refractivity contribution in [1.82, 2.24) is 9.88 Å². The van der Waals surface area contributed by atoms with Crippen LogP contribution in [-0.2, 0) is 6.18 Å². The fourth-order valence-corrected chi connectivity index (χ4v) is 2.87. The van der Waals surface area contributed by atoms with Gasteiger partial charge in [0, 0.05) is 38.3 Å². The molecule has 3 nitrogen and oxygen atoms in total.